The van der Waals surface area contributed by atoms with Crippen molar-refractivity contribution in [1.29, 1.82) is 0 Å². The van der Waals surface area contributed by atoms with Gasteiger partial charge >= 0.3 is 0 Å². The van der Waals surface area contributed by atoms with Crippen molar-refractivity contribution in [2.45, 2.75) is 0 Å². The maximum absolute atomic E-state index is 10.5. The van der Waals surface area contributed by atoms with E-state index in [9.17, 15) is 8.42 Å². The molecular weight excluding hydrogens is 278 g/mol. The van der Waals surface area contributed by atoms with Gasteiger partial charge in [0.15, 0.2) is 0 Å². The van der Waals surface area contributed by atoms with Gasteiger partial charge in [-0.25, -0.2) is 13.4 Å². The van der Waals surface area contributed by atoms with E-state index in [2.05, 4.69) is 20.9 Å². The second kappa shape index (κ2) is 4.21. The molecule has 3 nitrogen and oxygen atoms in total. The molecule has 0 radical (unpaired) electrons. The lowest BCUT2D eigenvalue weighted by molar-refractivity contribution is 0.617. The molecule has 0 saturated heterocycles. The second-order valence-electron chi connectivity index (χ2n) is 2.19. The predicted molar refractivity (Wildman–Crippen MR) is 55.7 cm³/mol. The number of aromatic nitrogens is 1. The summed E-state index contributed by atoms with van der Waals surface area (Å²) in [6.45, 7) is 0. The van der Waals surface area contributed by atoms with Crippen LogP contribution in [0.25, 0.3) is 6.08 Å². The van der Waals surface area contributed by atoms with Crippen LogP contribution in [0.4, 0.5) is 0 Å². The van der Waals surface area contributed by atoms with E-state index in [0.717, 1.165) is 5.41 Å². The van der Waals surface area contributed by atoms with E-state index in [0.29, 0.717) is 10.2 Å². The molecule has 13 heavy (non-hydrogen) atoms. The van der Waals surface area contributed by atoms with Crippen molar-refractivity contribution in [3.63, 3.8) is 0 Å². The van der Waals surface area contributed by atoms with Crippen molar-refractivity contribution in [1.82, 2.24) is 4.98 Å². The summed E-state index contributed by atoms with van der Waals surface area (Å²) in [6, 6.07) is 3.43. The standard InChI is InChI=1S/C7H5BrClNO2S/c8-7-2-1-6(5-10-7)3-4-13(9,11)12/h1-5H. The van der Waals surface area contributed by atoms with E-state index >= 15 is 0 Å². The zero-order chi connectivity index (χ0) is 9.90. The normalized spacial score (nSPS) is 12.2. The summed E-state index contributed by atoms with van der Waals surface area (Å²) in [5, 5.41) is 0.916. The molecule has 0 amide bonds. The molecule has 0 saturated carbocycles. The molecule has 0 fully saturated rings. The first kappa shape index (κ1) is 10.7. The van der Waals surface area contributed by atoms with Crippen LogP contribution in [-0.2, 0) is 9.05 Å². The van der Waals surface area contributed by atoms with E-state index in [4.69, 9.17) is 10.7 Å². The maximum atomic E-state index is 10.5. The molecule has 1 aromatic heterocycles. The van der Waals surface area contributed by atoms with Crippen LogP contribution in [0, 0.1) is 0 Å². The predicted octanol–water partition coefficient (Wildman–Crippen LogP) is 2.38. The average Bonchev–Trinajstić information content (AvgIpc) is 2.02. The Morgan fingerprint density at radius 3 is 2.62 bits per heavy atom. The highest BCUT2D eigenvalue weighted by molar-refractivity contribution is 9.10. The molecule has 6 heteroatoms. The fourth-order valence-electron chi connectivity index (χ4n) is 0.646. The largest absolute Gasteiger partial charge is 0.254 e. The molecule has 0 aliphatic heterocycles. The molecular formula is C7H5BrClNO2S. The van der Waals surface area contributed by atoms with Crippen LogP contribution < -0.4 is 0 Å². The number of nitrogens with zero attached hydrogens (tertiary/aromatic N) is 1. The Bertz CT molecular complexity index is 413. The quantitative estimate of drug-likeness (QED) is 0.618. The Kier molecular flexibility index (Phi) is 3.47. The highest BCUT2D eigenvalue weighted by atomic mass is 79.9. The summed E-state index contributed by atoms with van der Waals surface area (Å²) in [7, 11) is 1.39. The molecule has 70 valence electrons. The highest BCUT2D eigenvalue weighted by Crippen LogP contribution is 2.09. The van der Waals surface area contributed by atoms with E-state index in [-0.39, 0.29) is 0 Å². The Balaban J connectivity index is 2.88. The third-order valence-electron chi connectivity index (χ3n) is 1.17. The molecule has 1 rings (SSSR count). The summed E-state index contributed by atoms with van der Waals surface area (Å²) < 4.78 is 21.7. The molecule has 1 heterocycles. The van der Waals surface area contributed by atoms with E-state index in [1.165, 1.54) is 12.3 Å². The van der Waals surface area contributed by atoms with Crippen LogP contribution >= 0.6 is 26.6 Å². The van der Waals surface area contributed by atoms with Gasteiger partial charge in [0.1, 0.15) is 4.60 Å². The van der Waals surface area contributed by atoms with E-state index < -0.39 is 9.05 Å². The zero-order valence-electron chi connectivity index (χ0n) is 6.31. The summed E-state index contributed by atoms with van der Waals surface area (Å²) >= 11 is 3.16. The van der Waals surface area contributed by atoms with Crippen LogP contribution in [0.2, 0.25) is 0 Å². The molecule has 0 bridgehead atoms. The van der Waals surface area contributed by atoms with Gasteiger partial charge in [-0.2, -0.15) is 0 Å². The van der Waals surface area contributed by atoms with Gasteiger partial charge < -0.3 is 0 Å². The SMILES string of the molecule is O=S(=O)(Cl)C=Cc1ccc(Br)nc1. The lowest BCUT2D eigenvalue weighted by Crippen LogP contribution is -1.81. The second-order valence-corrected chi connectivity index (χ2v) is 5.52. The van der Waals surface area contributed by atoms with Gasteiger partial charge in [-0.3, -0.25) is 0 Å². The van der Waals surface area contributed by atoms with Gasteiger partial charge in [-0.15, -0.1) is 0 Å². The third kappa shape index (κ3) is 4.40. The first-order valence-electron chi connectivity index (χ1n) is 3.22. The summed E-state index contributed by atoms with van der Waals surface area (Å²) in [5.41, 5.74) is 0.674. The van der Waals surface area contributed by atoms with Gasteiger partial charge in [-0.05, 0) is 33.6 Å². The number of pyridine rings is 1. The fourth-order valence-corrected chi connectivity index (χ4v) is 1.35. The third-order valence-corrected chi connectivity index (χ3v) is 2.41. The van der Waals surface area contributed by atoms with Gasteiger partial charge in [0, 0.05) is 22.3 Å². The van der Waals surface area contributed by atoms with Crippen molar-refractivity contribution in [3.8, 4) is 0 Å². The molecule has 0 aliphatic rings. The average molecular weight is 283 g/mol. The first-order chi connectivity index (χ1) is 5.97. The van der Waals surface area contributed by atoms with Gasteiger partial charge in [0.25, 0.3) is 9.05 Å². The molecule has 0 atom stereocenters. The number of hydrogen-bond donors (Lipinski definition) is 0. The molecule has 0 aromatic carbocycles. The Morgan fingerprint density at radius 1 is 1.46 bits per heavy atom. The molecule has 0 N–H and O–H groups in total. The van der Waals surface area contributed by atoms with Crippen molar-refractivity contribution >= 4 is 41.7 Å². The van der Waals surface area contributed by atoms with E-state index in [1.54, 1.807) is 12.1 Å². The number of halogens is 2. The van der Waals surface area contributed by atoms with Crippen molar-refractivity contribution < 1.29 is 8.42 Å². The van der Waals surface area contributed by atoms with E-state index in [1.807, 2.05) is 0 Å². The Hall–Kier alpha value is -0.390. The van der Waals surface area contributed by atoms with Crippen LogP contribution in [0.3, 0.4) is 0 Å². The van der Waals surface area contributed by atoms with Gasteiger partial charge in [0.05, 0.1) is 0 Å². The minimum atomic E-state index is -3.58. The maximum Gasteiger partial charge on any atom is 0.254 e. The zero-order valence-corrected chi connectivity index (χ0v) is 9.47. The van der Waals surface area contributed by atoms with Crippen molar-refractivity contribution in [2.75, 3.05) is 0 Å². The Morgan fingerprint density at radius 2 is 2.15 bits per heavy atom. The minimum Gasteiger partial charge on any atom is -0.249 e. The Labute approximate surface area is 89.0 Å². The minimum absolute atomic E-state index is 0.674. The van der Waals surface area contributed by atoms with Crippen LogP contribution in [0.5, 0.6) is 0 Å². The molecule has 0 aliphatic carbocycles. The summed E-state index contributed by atoms with van der Waals surface area (Å²) in [4.78, 5) is 3.91. The van der Waals surface area contributed by atoms with Crippen LogP contribution in [-0.4, -0.2) is 13.4 Å². The number of hydrogen-bond acceptors (Lipinski definition) is 3. The lowest BCUT2D eigenvalue weighted by atomic mass is 10.3. The smallest absolute Gasteiger partial charge is 0.249 e. The summed E-state index contributed by atoms with van der Waals surface area (Å²) in [6.07, 6.45) is 2.91. The summed E-state index contributed by atoms with van der Waals surface area (Å²) in [5.74, 6) is 0. The van der Waals surface area contributed by atoms with Crippen molar-refractivity contribution in [3.05, 3.63) is 33.9 Å². The molecule has 0 spiro atoms. The highest BCUT2D eigenvalue weighted by Gasteiger charge is 1.96. The lowest BCUT2D eigenvalue weighted by Gasteiger charge is -1.91. The van der Waals surface area contributed by atoms with Crippen LogP contribution in [0.15, 0.2) is 28.3 Å². The monoisotopic (exact) mass is 281 g/mol. The first-order valence-corrected chi connectivity index (χ1v) is 6.38. The topological polar surface area (TPSA) is 47.0 Å². The number of rotatable bonds is 2. The van der Waals surface area contributed by atoms with Gasteiger partial charge in [-0.1, -0.05) is 6.07 Å². The molecule has 1 aromatic rings. The fraction of sp³-hybridized carbons (Fsp3) is 0. The van der Waals surface area contributed by atoms with Crippen LogP contribution in [0.1, 0.15) is 5.56 Å². The molecule has 0 unspecified atom stereocenters. The van der Waals surface area contributed by atoms with Crippen molar-refractivity contribution in [2.24, 2.45) is 0 Å². The van der Waals surface area contributed by atoms with Gasteiger partial charge in [0.2, 0.25) is 0 Å².